The van der Waals surface area contributed by atoms with Gasteiger partial charge in [-0.1, -0.05) is 6.07 Å². The maximum absolute atomic E-state index is 12.7. The van der Waals surface area contributed by atoms with E-state index in [1.165, 1.54) is 22.7 Å². The Morgan fingerprint density at radius 1 is 1.30 bits per heavy atom. The van der Waals surface area contributed by atoms with E-state index in [9.17, 15) is 18.5 Å². The number of nitrogens with one attached hydrogen (secondary N) is 1. The number of ether oxygens (including phenoxy) is 1. The minimum atomic E-state index is -3.82. The molecule has 142 valence electrons. The third kappa shape index (κ3) is 4.45. The fraction of sp³-hybridized carbons (Fsp3) is 0.250. The number of aromatic nitrogens is 1. The molecule has 10 nitrogen and oxygen atoms in total. The van der Waals surface area contributed by atoms with Gasteiger partial charge in [0.2, 0.25) is 10.0 Å². The van der Waals surface area contributed by atoms with Gasteiger partial charge in [-0.25, -0.2) is 8.42 Å². The monoisotopic (exact) mass is 391 g/mol. The zero-order valence-electron chi connectivity index (χ0n) is 14.2. The Morgan fingerprint density at radius 2 is 2.07 bits per heavy atom. The Balaban J connectivity index is 1.84. The van der Waals surface area contributed by atoms with Crippen LogP contribution in [0.5, 0.6) is 0 Å². The van der Waals surface area contributed by atoms with E-state index in [0.29, 0.717) is 18.8 Å². The zero-order valence-corrected chi connectivity index (χ0v) is 15.0. The van der Waals surface area contributed by atoms with Crippen molar-refractivity contribution >= 4 is 27.6 Å². The number of nitro groups is 1. The molecule has 1 N–H and O–H groups in total. The van der Waals surface area contributed by atoms with Crippen LogP contribution in [0.2, 0.25) is 0 Å². The van der Waals surface area contributed by atoms with Crippen LogP contribution in [0.1, 0.15) is 5.56 Å². The molecule has 1 aromatic heterocycles. The number of benzene rings is 1. The Hall–Kier alpha value is -2.89. The van der Waals surface area contributed by atoms with E-state index in [1.807, 2.05) is 0 Å². The van der Waals surface area contributed by atoms with Gasteiger partial charge < -0.3 is 4.74 Å². The summed E-state index contributed by atoms with van der Waals surface area (Å²) in [4.78, 5) is 14.5. The van der Waals surface area contributed by atoms with Gasteiger partial charge in [0.1, 0.15) is 5.69 Å². The van der Waals surface area contributed by atoms with Crippen LogP contribution in [0.4, 0.5) is 11.4 Å². The molecule has 0 atom stereocenters. The second kappa shape index (κ2) is 8.20. The highest BCUT2D eigenvalue weighted by Gasteiger charge is 2.28. The molecule has 0 spiro atoms. The van der Waals surface area contributed by atoms with Crippen molar-refractivity contribution in [3.05, 3.63) is 58.4 Å². The third-order valence-electron chi connectivity index (χ3n) is 3.86. The first-order valence-corrected chi connectivity index (χ1v) is 9.48. The van der Waals surface area contributed by atoms with E-state index >= 15 is 0 Å². The van der Waals surface area contributed by atoms with Crippen LogP contribution in [0.3, 0.4) is 0 Å². The number of hydrogen-bond acceptors (Lipinski definition) is 8. The van der Waals surface area contributed by atoms with Gasteiger partial charge in [0.25, 0.3) is 5.69 Å². The summed E-state index contributed by atoms with van der Waals surface area (Å²) in [5.74, 6) is 0. The molecular weight excluding hydrogens is 374 g/mol. The SMILES string of the molecule is O=[N+]([O-])c1cc(S(=O)(=O)N2CCOCC2)ccc1NN=Cc1cccnc1. The van der Waals surface area contributed by atoms with E-state index in [4.69, 9.17) is 4.74 Å². The lowest BCUT2D eigenvalue weighted by atomic mass is 10.3. The molecule has 0 unspecified atom stereocenters. The number of anilines is 1. The van der Waals surface area contributed by atoms with Gasteiger partial charge >= 0.3 is 0 Å². The van der Waals surface area contributed by atoms with Gasteiger partial charge in [0.15, 0.2) is 0 Å². The first-order valence-electron chi connectivity index (χ1n) is 8.04. The standard InChI is InChI=1S/C16H17N5O5S/c22-21(23)16-10-14(27(24,25)20-6-8-26-9-7-20)3-4-15(16)19-18-12-13-2-1-5-17-11-13/h1-5,10-12,19H,6-9H2. The fourth-order valence-electron chi connectivity index (χ4n) is 2.48. The van der Waals surface area contributed by atoms with Crippen molar-refractivity contribution in [1.29, 1.82) is 0 Å². The lowest BCUT2D eigenvalue weighted by Gasteiger charge is -2.26. The minimum absolute atomic E-state index is 0.0843. The molecule has 3 rings (SSSR count). The van der Waals surface area contributed by atoms with Crippen LogP contribution in [-0.2, 0) is 14.8 Å². The Morgan fingerprint density at radius 3 is 2.74 bits per heavy atom. The number of sulfonamides is 1. The second-order valence-electron chi connectivity index (χ2n) is 5.61. The number of morpholine rings is 1. The Labute approximate surface area is 155 Å². The van der Waals surface area contributed by atoms with Crippen molar-refractivity contribution in [3.8, 4) is 0 Å². The predicted octanol–water partition coefficient (Wildman–Crippen LogP) is 1.46. The zero-order chi connectivity index (χ0) is 19.3. The molecule has 0 radical (unpaired) electrons. The third-order valence-corrected chi connectivity index (χ3v) is 5.75. The van der Waals surface area contributed by atoms with Gasteiger partial charge in [-0.15, -0.1) is 0 Å². The normalized spacial score (nSPS) is 15.7. The average Bonchev–Trinajstić information content (AvgIpc) is 2.69. The van der Waals surface area contributed by atoms with Gasteiger partial charge in [-0.2, -0.15) is 9.41 Å². The van der Waals surface area contributed by atoms with Crippen LogP contribution in [0.15, 0.2) is 52.7 Å². The highest BCUT2D eigenvalue weighted by Crippen LogP contribution is 2.29. The molecule has 11 heteroatoms. The van der Waals surface area contributed by atoms with Gasteiger partial charge in [-0.05, 0) is 18.2 Å². The molecule has 0 saturated carbocycles. The molecule has 2 heterocycles. The molecular formula is C16H17N5O5S. The summed E-state index contributed by atoms with van der Waals surface area (Å²) in [5.41, 5.74) is 2.98. The van der Waals surface area contributed by atoms with Gasteiger partial charge in [0.05, 0.1) is 29.2 Å². The van der Waals surface area contributed by atoms with Crippen LogP contribution >= 0.6 is 0 Å². The van der Waals surface area contributed by atoms with Crippen molar-refractivity contribution < 1.29 is 18.1 Å². The lowest BCUT2D eigenvalue weighted by Crippen LogP contribution is -2.40. The fourth-order valence-corrected chi connectivity index (χ4v) is 3.91. The maximum Gasteiger partial charge on any atom is 0.295 e. The summed E-state index contributed by atoms with van der Waals surface area (Å²) in [5, 5.41) is 15.3. The van der Waals surface area contributed by atoms with Crippen molar-refractivity contribution in [2.75, 3.05) is 31.7 Å². The molecule has 1 fully saturated rings. The van der Waals surface area contributed by atoms with E-state index in [0.717, 1.165) is 6.07 Å². The number of hydrogen-bond donors (Lipinski definition) is 1. The first-order chi connectivity index (χ1) is 13.0. The molecule has 0 amide bonds. The summed E-state index contributed by atoms with van der Waals surface area (Å²) in [6, 6.07) is 7.18. The smallest absolute Gasteiger partial charge is 0.295 e. The van der Waals surface area contributed by atoms with Crippen LogP contribution in [0, 0.1) is 10.1 Å². The van der Waals surface area contributed by atoms with Gasteiger partial charge in [0, 0.05) is 37.1 Å². The summed E-state index contributed by atoms with van der Waals surface area (Å²) in [6.45, 7) is 1.02. The number of pyridine rings is 1. The molecule has 1 aliphatic rings. The first kappa shape index (κ1) is 18.9. The van der Waals surface area contributed by atoms with Crippen LogP contribution < -0.4 is 5.43 Å². The molecule has 1 aromatic carbocycles. The minimum Gasteiger partial charge on any atom is -0.379 e. The molecule has 27 heavy (non-hydrogen) atoms. The molecule has 2 aromatic rings. The molecule has 1 aliphatic heterocycles. The number of rotatable bonds is 6. The number of nitrogens with zero attached hydrogens (tertiary/aromatic N) is 4. The van der Waals surface area contributed by atoms with Crippen molar-refractivity contribution in [1.82, 2.24) is 9.29 Å². The van der Waals surface area contributed by atoms with E-state index in [-0.39, 0.29) is 29.4 Å². The summed E-state index contributed by atoms with van der Waals surface area (Å²) in [7, 11) is -3.82. The van der Waals surface area contributed by atoms with Crippen LogP contribution in [-0.4, -0.2) is 55.1 Å². The molecule has 1 saturated heterocycles. The number of hydrazone groups is 1. The topological polar surface area (TPSA) is 127 Å². The highest BCUT2D eigenvalue weighted by atomic mass is 32.2. The highest BCUT2D eigenvalue weighted by molar-refractivity contribution is 7.89. The van der Waals surface area contributed by atoms with Crippen molar-refractivity contribution in [2.45, 2.75) is 4.90 Å². The average molecular weight is 391 g/mol. The van der Waals surface area contributed by atoms with Crippen molar-refractivity contribution in [3.63, 3.8) is 0 Å². The van der Waals surface area contributed by atoms with E-state index < -0.39 is 14.9 Å². The largest absolute Gasteiger partial charge is 0.379 e. The summed E-state index contributed by atoms with van der Waals surface area (Å²) in [6.07, 6.45) is 4.65. The Kier molecular flexibility index (Phi) is 5.74. The van der Waals surface area contributed by atoms with Crippen LogP contribution in [0.25, 0.3) is 0 Å². The summed E-state index contributed by atoms with van der Waals surface area (Å²) >= 11 is 0. The number of nitro benzene ring substituents is 1. The predicted molar refractivity (Wildman–Crippen MR) is 98.1 cm³/mol. The van der Waals surface area contributed by atoms with Gasteiger partial charge in [-0.3, -0.25) is 20.5 Å². The molecule has 0 aliphatic carbocycles. The lowest BCUT2D eigenvalue weighted by molar-refractivity contribution is -0.384. The van der Waals surface area contributed by atoms with E-state index in [2.05, 4.69) is 15.5 Å². The second-order valence-corrected chi connectivity index (χ2v) is 7.55. The van der Waals surface area contributed by atoms with E-state index in [1.54, 1.807) is 24.5 Å². The quantitative estimate of drug-likeness (QED) is 0.448. The van der Waals surface area contributed by atoms with Crippen molar-refractivity contribution in [2.24, 2.45) is 5.10 Å². The molecule has 0 bridgehead atoms. The Bertz CT molecular complexity index is 943. The summed E-state index contributed by atoms with van der Waals surface area (Å²) < 4.78 is 31.7. The maximum atomic E-state index is 12.7.